The van der Waals surface area contributed by atoms with Gasteiger partial charge in [0.05, 0.1) is 12.8 Å². The Balaban J connectivity index is 1.80. The topological polar surface area (TPSA) is 21.3 Å². The minimum atomic E-state index is -0.221. The molecule has 2 nitrogen and oxygen atoms in total. The Morgan fingerprint density at radius 3 is 2.86 bits per heavy atom. The van der Waals surface area contributed by atoms with Gasteiger partial charge in [0.1, 0.15) is 11.6 Å². The van der Waals surface area contributed by atoms with Crippen molar-refractivity contribution in [2.24, 2.45) is 0 Å². The van der Waals surface area contributed by atoms with Crippen molar-refractivity contribution in [2.45, 2.75) is 25.3 Å². The fourth-order valence-electron chi connectivity index (χ4n) is 2.82. The molecule has 1 unspecified atom stereocenters. The van der Waals surface area contributed by atoms with E-state index in [1.54, 1.807) is 13.2 Å². The van der Waals surface area contributed by atoms with Crippen LogP contribution in [0.1, 0.15) is 17.5 Å². The summed E-state index contributed by atoms with van der Waals surface area (Å²) in [6.07, 6.45) is 2.89. The molecule has 0 aromatic heterocycles. The highest BCUT2D eigenvalue weighted by Crippen LogP contribution is 2.30. The van der Waals surface area contributed by atoms with Gasteiger partial charge in [-0.3, -0.25) is 0 Å². The highest BCUT2D eigenvalue weighted by molar-refractivity contribution is 9.10. The predicted octanol–water partition coefficient (Wildman–Crippen LogP) is 4.57. The Morgan fingerprint density at radius 2 is 2.10 bits per heavy atom. The first-order chi connectivity index (χ1) is 10.2. The Hall–Kier alpha value is -1.55. The van der Waals surface area contributed by atoms with Gasteiger partial charge >= 0.3 is 0 Å². The molecule has 4 heteroatoms. The first-order valence-corrected chi connectivity index (χ1v) is 7.83. The van der Waals surface area contributed by atoms with E-state index >= 15 is 0 Å². The van der Waals surface area contributed by atoms with Crippen molar-refractivity contribution in [1.82, 2.24) is 0 Å². The molecule has 1 aliphatic rings. The Kier molecular flexibility index (Phi) is 4.15. The molecule has 21 heavy (non-hydrogen) atoms. The highest BCUT2D eigenvalue weighted by atomic mass is 79.9. The van der Waals surface area contributed by atoms with Crippen molar-refractivity contribution < 1.29 is 9.13 Å². The molecule has 0 aliphatic heterocycles. The number of anilines is 1. The molecule has 0 radical (unpaired) electrons. The van der Waals surface area contributed by atoms with Gasteiger partial charge in [0.15, 0.2) is 0 Å². The average molecular weight is 350 g/mol. The number of rotatable bonds is 3. The van der Waals surface area contributed by atoms with Crippen molar-refractivity contribution in [3.05, 3.63) is 57.8 Å². The molecule has 1 atom stereocenters. The normalized spacial score (nSPS) is 17.2. The van der Waals surface area contributed by atoms with E-state index in [1.165, 1.54) is 17.2 Å². The van der Waals surface area contributed by atoms with Crippen LogP contribution < -0.4 is 10.1 Å². The number of hydrogen-bond acceptors (Lipinski definition) is 2. The SMILES string of the molecule is COc1ccc2c(c1)CC(Nc1c(F)cccc1Br)CC2. The lowest BCUT2D eigenvalue weighted by molar-refractivity contribution is 0.413. The van der Waals surface area contributed by atoms with E-state index in [-0.39, 0.29) is 11.9 Å². The van der Waals surface area contributed by atoms with Gasteiger partial charge in [0.2, 0.25) is 0 Å². The number of methoxy groups -OCH3 is 1. The van der Waals surface area contributed by atoms with Crippen LogP contribution in [0, 0.1) is 5.82 Å². The van der Waals surface area contributed by atoms with Crippen LogP contribution in [-0.2, 0) is 12.8 Å². The average Bonchev–Trinajstić information content (AvgIpc) is 2.50. The first kappa shape index (κ1) is 14.4. The third kappa shape index (κ3) is 3.05. The Labute approximate surface area is 132 Å². The van der Waals surface area contributed by atoms with Gasteiger partial charge in [-0.2, -0.15) is 0 Å². The number of para-hydroxylation sites is 1. The van der Waals surface area contributed by atoms with Crippen LogP contribution in [0.15, 0.2) is 40.9 Å². The van der Waals surface area contributed by atoms with E-state index in [9.17, 15) is 4.39 Å². The van der Waals surface area contributed by atoms with E-state index in [0.717, 1.165) is 29.5 Å². The number of fused-ring (bicyclic) bond motifs is 1. The summed E-state index contributed by atoms with van der Waals surface area (Å²) >= 11 is 3.41. The summed E-state index contributed by atoms with van der Waals surface area (Å²) < 4.78 is 20.0. The van der Waals surface area contributed by atoms with Gasteiger partial charge in [-0.1, -0.05) is 12.1 Å². The second kappa shape index (κ2) is 6.06. The molecule has 0 amide bonds. The second-order valence-electron chi connectivity index (χ2n) is 5.32. The molecule has 0 heterocycles. The van der Waals surface area contributed by atoms with Crippen LogP contribution >= 0.6 is 15.9 Å². The smallest absolute Gasteiger partial charge is 0.147 e. The molecule has 0 saturated carbocycles. The van der Waals surface area contributed by atoms with Crippen molar-refractivity contribution in [3.63, 3.8) is 0 Å². The molecule has 2 aromatic rings. The van der Waals surface area contributed by atoms with E-state index in [0.29, 0.717) is 5.69 Å². The monoisotopic (exact) mass is 349 g/mol. The van der Waals surface area contributed by atoms with Crippen molar-refractivity contribution in [1.29, 1.82) is 0 Å². The summed E-state index contributed by atoms with van der Waals surface area (Å²) in [5.41, 5.74) is 3.20. The third-order valence-corrected chi connectivity index (χ3v) is 4.61. The fraction of sp³-hybridized carbons (Fsp3) is 0.294. The molecule has 3 rings (SSSR count). The Morgan fingerprint density at radius 1 is 1.24 bits per heavy atom. The van der Waals surface area contributed by atoms with Gasteiger partial charge in [-0.15, -0.1) is 0 Å². The van der Waals surface area contributed by atoms with Gasteiger partial charge in [0, 0.05) is 10.5 Å². The summed E-state index contributed by atoms with van der Waals surface area (Å²) in [6, 6.07) is 11.5. The maximum Gasteiger partial charge on any atom is 0.147 e. The largest absolute Gasteiger partial charge is 0.497 e. The van der Waals surface area contributed by atoms with E-state index < -0.39 is 0 Å². The lowest BCUT2D eigenvalue weighted by atomic mass is 9.88. The summed E-state index contributed by atoms with van der Waals surface area (Å²) in [5, 5.41) is 3.33. The van der Waals surface area contributed by atoms with Gasteiger partial charge < -0.3 is 10.1 Å². The molecular formula is C17H17BrFNO. The molecule has 1 aliphatic carbocycles. The van der Waals surface area contributed by atoms with Crippen LogP contribution in [0.2, 0.25) is 0 Å². The molecule has 110 valence electrons. The van der Waals surface area contributed by atoms with E-state index in [4.69, 9.17) is 4.74 Å². The van der Waals surface area contributed by atoms with Crippen LogP contribution in [0.3, 0.4) is 0 Å². The number of hydrogen-bond donors (Lipinski definition) is 1. The van der Waals surface area contributed by atoms with Crippen LogP contribution in [0.5, 0.6) is 5.75 Å². The first-order valence-electron chi connectivity index (χ1n) is 7.03. The third-order valence-electron chi connectivity index (χ3n) is 3.95. The minimum absolute atomic E-state index is 0.221. The van der Waals surface area contributed by atoms with Crippen molar-refractivity contribution in [3.8, 4) is 5.75 Å². The standard InChI is InChI=1S/C17H17BrFNO/c1-21-14-8-6-11-5-7-13(9-12(11)10-14)20-17-15(18)3-2-4-16(17)19/h2-4,6,8,10,13,20H,5,7,9H2,1H3. The summed E-state index contributed by atoms with van der Waals surface area (Å²) in [4.78, 5) is 0. The van der Waals surface area contributed by atoms with Gasteiger partial charge in [-0.05, 0) is 70.6 Å². The fourth-order valence-corrected chi connectivity index (χ4v) is 3.28. The maximum atomic E-state index is 13.9. The predicted molar refractivity (Wildman–Crippen MR) is 86.5 cm³/mol. The number of ether oxygens (including phenoxy) is 1. The molecule has 1 N–H and O–H groups in total. The summed E-state index contributed by atoms with van der Waals surface area (Å²) in [7, 11) is 1.68. The van der Waals surface area contributed by atoms with E-state index in [1.807, 2.05) is 12.1 Å². The van der Waals surface area contributed by atoms with Crippen molar-refractivity contribution in [2.75, 3.05) is 12.4 Å². The molecule has 0 bridgehead atoms. The summed E-state index contributed by atoms with van der Waals surface area (Å²) in [6.45, 7) is 0. The second-order valence-corrected chi connectivity index (χ2v) is 6.17. The van der Waals surface area contributed by atoms with E-state index in [2.05, 4.69) is 33.4 Å². The lowest BCUT2D eigenvalue weighted by Crippen LogP contribution is -2.28. The highest BCUT2D eigenvalue weighted by Gasteiger charge is 2.20. The zero-order valence-electron chi connectivity index (χ0n) is 11.8. The molecule has 0 spiro atoms. The molecular weight excluding hydrogens is 333 g/mol. The number of benzene rings is 2. The van der Waals surface area contributed by atoms with Crippen LogP contribution in [-0.4, -0.2) is 13.2 Å². The number of halogens is 2. The summed E-state index contributed by atoms with van der Waals surface area (Å²) in [5.74, 6) is 0.655. The van der Waals surface area contributed by atoms with Crippen LogP contribution in [0.4, 0.5) is 10.1 Å². The van der Waals surface area contributed by atoms with Gasteiger partial charge in [-0.25, -0.2) is 4.39 Å². The van der Waals surface area contributed by atoms with Crippen molar-refractivity contribution >= 4 is 21.6 Å². The molecule has 0 fully saturated rings. The molecule has 2 aromatic carbocycles. The zero-order valence-corrected chi connectivity index (χ0v) is 13.4. The van der Waals surface area contributed by atoms with Gasteiger partial charge in [0.25, 0.3) is 0 Å². The quantitative estimate of drug-likeness (QED) is 0.876. The zero-order chi connectivity index (χ0) is 14.8. The lowest BCUT2D eigenvalue weighted by Gasteiger charge is -2.27. The van der Waals surface area contributed by atoms with Crippen LogP contribution in [0.25, 0.3) is 0 Å². The number of aryl methyl sites for hydroxylation is 1. The maximum absolute atomic E-state index is 13.9. The number of nitrogens with one attached hydrogen (secondary N) is 1. The Bertz CT molecular complexity index is 639. The molecule has 0 saturated heterocycles. The minimum Gasteiger partial charge on any atom is -0.497 e.